The molecule has 3 rings (SSSR count). The molecule has 0 radical (unpaired) electrons. The molecule has 118 valence electrons. The van der Waals surface area contributed by atoms with Crippen LogP contribution in [0.15, 0.2) is 18.2 Å². The number of hydrogen-bond donors (Lipinski definition) is 2. The first-order valence-corrected chi connectivity index (χ1v) is 8.79. The van der Waals surface area contributed by atoms with Crippen LogP contribution in [0.2, 0.25) is 0 Å². The summed E-state index contributed by atoms with van der Waals surface area (Å²) < 4.78 is 28.0. The smallest absolute Gasteiger partial charge is 0.262 e. The van der Waals surface area contributed by atoms with Gasteiger partial charge in [-0.2, -0.15) is 0 Å². The Hall–Kier alpha value is -2.09. The summed E-state index contributed by atoms with van der Waals surface area (Å²) >= 11 is 0. The fourth-order valence-electron chi connectivity index (χ4n) is 2.61. The van der Waals surface area contributed by atoms with Gasteiger partial charge in [-0.3, -0.25) is 9.59 Å². The summed E-state index contributed by atoms with van der Waals surface area (Å²) in [6.45, 7) is -0.0109. The highest BCUT2D eigenvalue weighted by Crippen LogP contribution is 2.28. The van der Waals surface area contributed by atoms with Gasteiger partial charge in [0.25, 0.3) is 5.91 Å². The van der Waals surface area contributed by atoms with Crippen molar-refractivity contribution in [3.05, 3.63) is 23.8 Å². The van der Waals surface area contributed by atoms with E-state index in [9.17, 15) is 18.0 Å². The van der Waals surface area contributed by atoms with Crippen LogP contribution in [0.4, 0.5) is 5.69 Å². The standard InChI is InChI=1S/C14H16N2O5S/c17-13(15-10-3-4-22(19,20)8-10)6-9-1-2-12-11(5-9)16-14(18)7-21-12/h1-2,5,10H,3-4,6-8H2,(H,15,17)(H,16,18). The lowest BCUT2D eigenvalue weighted by molar-refractivity contribution is -0.121. The van der Waals surface area contributed by atoms with E-state index in [-0.39, 0.29) is 42.4 Å². The Bertz CT molecular complexity index is 729. The van der Waals surface area contributed by atoms with Crippen LogP contribution in [0.1, 0.15) is 12.0 Å². The Kier molecular flexibility index (Phi) is 3.78. The van der Waals surface area contributed by atoms with Gasteiger partial charge in [0.2, 0.25) is 5.91 Å². The molecule has 0 aromatic heterocycles. The maximum Gasteiger partial charge on any atom is 0.262 e. The average molecular weight is 324 g/mol. The van der Waals surface area contributed by atoms with Crippen LogP contribution in [-0.2, 0) is 25.8 Å². The first kappa shape index (κ1) is 14.8. The van der Waals surface area contributed by atoms with Crippen LogP contribution in [0.3, 0.4) is 0 Å². The third-order valence-electron chi connectivity index (χ3n) is 3.64. The van der Waals surface area contributed by atoms with Crippen LogP contribution in [0.25, 0.3) is 0 Å². The van der Waals surface area contributed by atoms with Crippen LogP contribution in [-0.4, -0.2) is 44.4 Å². The number of amides is 2. The van der Waals surface area contributed by atoms with E-state index in [1.807, 2.05) is 0 Å². The zero-order valence-corrected chi connectivity index (χ0v) is 12.6. The monoisotopic (exact) mass is 324 g/mol. The molecule has 8 heteroatoms. The highest BCUT2D eigenvalue weighted by Gasteiger charge is 2.28. The first-order valence-electron chi connectivity index (χ1n) is 6.97. The molecule has 22 heavy (non-hydrogen) atoms. The summed E-state index contributed by atoms with van der Waals surface area (Å²) in [5.41, 5.74) is 1.27. The third-order valence-corrected chi connectivity index (χ3v) is 5.41. The van der Waals surface area contributed by atoms with Gasteiger partial charge in [0.1, 0.15) is 5.75 Å². The van der Waals surface area contributed by atoms with Crippen LogP contribution < -0.4 is 15.4 Å². The van der Waals surface area contributed by atoms with Crippen molar-refractivity contribution in [2.45, 2.75) is 18.9 Å². The predicted octanol–water partition coefficient (Wildman–Crippen LogP) is -0.137. The first-order chi connectivity index (χ1) is 10.4. The molecular formula is C14H16N2O5S. The third kappa shape index (κ3) is 3.38. The number of benzene rings is 1. The Labute approximate surface area is 128 Å². The lowest BCUT2D eigenvalue weighted by Crippen LogP contribution is -2.36. The Morgan fingerprint density at radius 3 is 2.95 bits per heavy atom. The van der Waals surface area contributed by atoms with Crippen LogP contribution in [0.5, 0.6) is 5.75 Å². The van der Waals surface area contributed by atoms with Gasteiger partial charge in [-0.15, -0.1) is 0 Å². The predicted molar refractivity (Wildman–Crippen MR) is 79.5 cm³/mol. The normalized spacial score (nSPS) is 22.4. The molecular weight excluding hydrogens is 308 g/mol. The van der Waals surface area contributed by atoms with E-state index >= 15 is 0 Å². The summed E-state index contributed by atoms with van der Waals surface area (Å²) in [5.74, 6) is 0.244. The minimum absolute atomic E-state index is 0.00677. The highest BCUT2D eigenvalue weighted by molar-refractivity contribution is 7.91. The molecule has 0 spiro atoms. The quantitative estimate of drug-likeness (QED) is 0.806. The minimum Gasteiger partial charge on any atom is -0.482 e. The average Bonchev–Trinajstić information content (AvgIpc) is 2.77. The van der Waals surface area contributed by atoms with Crippen molar-refractivity contribution in [2.24, 2.45) is 0 Å². The van der Waals surface area contributed by atoms with Crippen LogP contribution in [0, 0.1) is 0 Å². The van der Waals surface area contributed by atoms with Crippen molar-refractivity contribution < 1.29 is 22.7 Å². The molecule has 1 unspecified atom stereocenters. The Morgan fingerprint density at radius 2 is 2.23 bits per heavy atom. The van der Waals surface area contributed by atoms with Crippen molar-refractivity contribution in [3.63, 3.8) is 0 Å². The fourth-order valence-corrected chi connectivity index (χ4v) is 4.29. The lowest BCUT2D eigenvalue weighted by atomic mass is 10.1. The molecule has 2 amide bonds. The fraction of sp³-hybridized carbons (Fsp3) is 0.429. The second kappa shape index (κ2) is 5.60. The van der Waals surface area contributed by atoms with Gasteiger partial charge in [0.15, 0.2) is 16.4 Å². The SMILES string of the molecule is O=C1COc2ccc(CC(=O)NC3CCS(=O)(=O)C3)cc2N1. The molecule has 1 atom stereocenters. The zero-order valence-electron chi connectivity index (χ0n) is 11.8. The maximum atomic E-state index is 12.0. The Morgan fingerprint density at radius 1 is 1.41 bits per heavy atom. The van der Waals surface area contributed by atoms with E-state index in [0.717, 1.165) is 5.56 Å². The summed E-state index contributed by atoms with van der Waals surface area (Å²) in [5, 5.41) is 5.42. The summed E-state index contributed by atoms with van der Waals surface area (Å²) in [6.07, 6.45) is 0.585. The molecule has 2 aliphatic rings. The van der Waals surface area contributed by atoms with Crippen molar-refractivity contribution in [2.75, 3.05) is 23.4 Å². The van der Waals surface area contributed by atoms with Gasteiger partial charge in [0.05, 0.1) is 23.6 Å². The molecule has 7 nitrogen and oxygen atoms in total. The molecule has 0 saturated carbocycles. The summed E-state index contributed by atoms with van der Waals surface area (Å²) in [4.78, 5) is 23.3. The second-order valence-electron chi connectivity index (χ2n) is 5.51. The van der Waals surface area contributed by atoms with Crippen LogP contribution >= 0.6 is 0 Å². The van der Waals surface area contributed by atoms with Gasteiger partial charge in [0, 0.05) is 6.04 Å². The van der Waals surface area contributed by atoms with E-state index in [1.54, 1.807) is 18.2 Å². The molecule has 1 aromatic rings. The van der Waals surface area contributed by atoms with Crippen molar-refractivity contribution in [1.29, 1.82) is 0 Å². The Balaban J connectivity index is 1.62. The molecule has 0 aliphatic carbocycles. The number of carbonyl (C=O) groups is 2. The van der Waals surface area contributed by atoms with Gasteiger partial charge in [-0.25, -0.2) is 8.42 Å². The van der Waals surface area contributed by atoms with Crippen molar-refractivity contribution >= 4 is 27.3 Å². The number of rotatable bonds is 3. The number of nitrogens with one attached hydrogen (secondary N) is 2. The number of anilines is 1. The van der Waals surface area contributed by atoms with E-state index in [2.05, 4.69) is 10.6 Å². The topological polar surface area (TPSA) is 102 Å². The molecule has 2 N–H and O–H groups in total. The molecule has 0 bridgehead atoms. The molecule has 2 aliphatic heterocycles. The maximum absolute atomic E-state index is 12.0. The van der Waals surface area contributed by atoms with Crippen molar-refractivity contribution in [1.82, 2.24) is 5.32 Å². The van der Waals surface area contributed by atoms with E-state index < -0.39 is 9.84 Å². The van der Waals surface area contributed by atoms with E-state index in [4.69, 9.17) is 4.74 Å². The van der Waals surface area contributed by atoms with Gasteiger partial charge in [-0.1, -0.05) is 6.07 Å². The van der Waals surface area contributed by atoms with E-state index in [0.29, 0.717) is 17.9 Å². The summed E-state index contributed by atoms with van der Waals surface area (Å²) in [6, 6.07) is 4.84. The number of ether oxygens (including phenoxy) is 1. The minimum atomic E-state index is -3.01. The molecule has 1 aromatic carbocycles. The van der Waals surface area contributed by atoms with Crippen molar-refractivity contribution in [3.8, 4) is 5.75 Å². The number of carbonyl (C=O) groups excluding carboxylic acids is 2. The molecule has 1 fully saturated rings. The molecule has 1 saturated heterocycles. The van der Waals surface area contributed by atoms with Gasteiger partial charge < -0.3 is 15.4 Å². The summed E-state index contributed by atoms with van der Waals surface area (Å²) in [7, 11) is -3.01. The second-order valence-corrected chi connectivity index (χ2v) is 7.74. The largest absolute Gasteiger partial charge is 0.482 e. The van der Waals surface area contributed by atoms with Gasteiger partial charge >= 0.3 is 0 Å². The van der Waals surface area contributed by atoms with E-state index in [1.165, 1.54) is 0 Å². The molecule has 2 heterocycles. The highest BCUT2D eigenvalue weighted by atomic mass is 32.2. The van der Waals surface area contributed by atoms with Gasteiger partial charge in [-0.05, 0) is 24.1 Å². The zero-order chi connectivity index (χ0) is 15.7. The number of fused-ring (bicyclic) bond motifs is 1. The lowest BCUT2D eigenvalue weighted by Gasteiger charge is -2.18. The number of sulfone groups is 1. The number of hydrogen-bond acceptors (Lipinski definition) is 5.